The van der Waals surface area contributed by atoms with E-state index >= 15 is 0 Å². The minimum absolute atomic E-state index is 0.171. The van der Waals surface area contributed by atoms with Gasteiger partial charge in [-0.25, -0.2) is 13.4 Å². The van der Waals surface area contributed by atoms with Gasteiger partial charge in [0.15, 0.2) is 0 Å². The molecule has 0 aliphatic carbocycles. The Morgan fingerprint density at radius 1 is 1.10 bits per heavy atom. The summed E-state index contributed by atoms with van der Waals surface area (Å²) >= 11 is 1.57. The van der Waals surface area contributed by atoms with Crippen LogP contribution in [0.3, 0.4) is 0 Å². The van der Waals surface area contributed by atoms with Crippen molar-refractivity contribution in [3.8, 4) is 0 Å². The van der Waals surface area contributed by atoms with Crippen LogP contribution in [0.1, 0.15) is 38.8 Å². The predicted molar refractivity (Wildman–Crippen MR) is 120 cm³/mol. The lowest BCUT2D eigenvalue weighted by molar-refractivity contribution is 0.0713. The summed E-state index contributed by atoms with van der Waals surface area (Å²) in [6, 6.07) is 18.3. The van der Waals surface area contributed by atoms with Crippen molar-refractivity contribution in [2.45, 2.75) is 19.4 Å². The van der Waals surface area contributed by atoms with Crippen LogP contribution in [0.4, 0.5) is 5.69 Å². The molecule has 2 heterocycles. The molecular weight excluding hydrogens is 418 g/mol. The molecule has 1 aliphatic heterocycles. The van der Waals surface area contributed by atoms with E-state index in [-0.39, 0.29) is 11.9 Å². The molecule has 8 heteroatoms. The van der Waals surface area contributed by atoms with Crippen LogP contribution in [0.25, 0.3) is 0 Å². The third-order valence-electron chi connectivity index (χ3n) is 4.90. The number of hydrazone groups is 1. The zero-order chi connectivity index (χ0) is 21.3. The average Bonchev–Trinajstić information content (AvgIpc) is 3.37. The maximum Gasteiger partial charge on any atom is 0.274 e. The van der Waals surface area contributed by atoms with Crippen molar-refractivity contribution in [2.75, 3.05) is 11.0 Å². The summed E-state index contributed by atoms with van der Waals surface area (Å²) < 4.78 is 26.2. The highest BCUT2D eigenvalue weighted by molar-refractivity contribution is 7.92. The van der Waals surface area contributed by atoms with Crippen LogP contribution in [-0.2, 0) is 10.0 Å². The van der Waals surface area contributed by atoms with Crippen LogP contribution >= 0.6 is 11.3 Å². The highest BCUT2D eigenvalue weighted by atomic mass is 32.2. The van der Waals surface area contributed by atoms with Gasteiger partial charge in [0.25, 0.3) is 5.91 Å². The SMILES string of the molecule is Cc1ccccc1C(=O)N1N=C(c2ccccc2NS(C)(=O)=O)C[C@@H]1c1cccs1. The van der Waals surface area contributed by atoms with E-state index in [1.54, 1.807) is 29.5 Å². The normalized spacial score (nSPS) is 16.4. The Balaban J connectivity index is 1.77. The number of nitrogens with one attached hydrogen (secondary N) is 1. The molecule has 0 bridgehead atoms. The number of hydrogen-bond acceptors (Lipinski definition) is 5. The van der Waals surface area contributed by atoms with Crippen molar-refractivity contribution in [3.63, 3.8) is 0 Å². The Labute approximate surface area is 179 Å². The monoisotopic (exact) mass is 439 g/mol. The Kier molecular flexibility index (Phi) is 5.44. The van der Waals surface area contributed by atoms with Crippen molar-refractivity contribution >= 4 is 38.7 Å². The Hall–Kier alpha value is -2.97. The number of para-hydroxylation sites is 1. The molecule has 2 aromatic carbocycles. The van der Waals surface area contributed by atoms with Gasteiger partial charge in [0.2, 0.25) is 10.0 Å². The second-order valence-electron chi connectivity index (χ2n) is 7.17. The summed E-state index contributed by atoms with van der Waals surface area (Å²) in [5.74, 6) is -0.171. The molecule has 1 aliphatic rings. The molecule has 0 unspecified atom stereocenters. The zero-order valence-corrected chi connectivity index (χ0v) is 18.2. The standard InChI is InChI=1S/C22H21N3O3S2/c1-15-8-3-4-9-16(15)22(26)25-20(21-12-7-13-29-21)14-19(23-25)17-10-5-6-11-18(17)24-30(2,27)28/h3-13,20,24H,14H2,1-2H3/t20-/m1/s1. The van der Waals surface area contributed by atoms with Crippen LogP contribution in [0.15, 0.2) is 71.1 Å². The first-order valence-electron chi connectivity index (χ1n) is 9.41. The molecule has 1 amide bonds. The van der Waals surface area contributed by atoms with E-state index in [4.69, 9.17) is 0 Å². The minimum Gasteiger partial charge on any atom is -0.283 e. The summed E-state index contributed by atoms with van der Waals surface area (Å²) in [7, 11) is -3.45. The molecule has 4 rings (SSSR count). The second-order valence-corrected chi connectivity index (χ2v) is 9.89. The Morgan fingerprint density at radius 3 is 2.53 bits per heavy atom. The van der Waals surface area contributed by atoms with E-state index in [9.17, 15) is 13.2 Å². The number of carbonyl (C=O) groups is 1. The number of anilines is 1. The topological polar surface area (TPSA) is 78.8 Å². The third-order valence-corrected chi connectivity index (χ3v) is 6.46. The molecule has 6 nitrogen and oxygen atoms in total. The molecular formula is C22H21N3O3S2. The van der Waals surface area contributed by atoms with Crippen molar-refractivity contribution in [2.24, 2.45) is 5.10 Å². The highest BCUT2D eigenvalue weighted by Gasteiger charge is 2.35. The van der Waals surface area contributed by atoms with Gasteiger partial charge < -0.3 is 0 Å². The van der Waals surface area contributed by atoms with Crippen molar-refractivity contribution in [3.05, 3.63) is 87.6 Å². The molecule has 1 aromatic heterocycles. The molecule has 30 heavy (non-hydrogen) atoms. The lowest BCUT2D eigenvalue weighted by Crippen LogP contribution is -2.27. The van der Waals surface area contributed by atoms with E-state index < -0.39 is 10.0 Å². The van der Waals surface area contributed by atoms with Gasteiger partial charge in [-0.05, 0) is 36.1 Å². The lowest BCUT2D eigenvalue weighted by Gasteiger charge is -2.21. The summed E-state index contributed by atoms with van der Waals surface area (Å²) in [4.78, 5) is 14.4. The van der Waals surface area contributed by atoms with E-state index in [1.807, 2.05) is 54.8 Å². The van der Waals surface area contributed by atoms with E-state index in [0.29, 0.717) is 28.9 Å². The minimum atomic E-state index is -3.45. The van der Waals surface area contributed by atoms with Gasteiger partial charge >= 0.3 is 0 Å². The average molecular weight is 440 g/mol. The fourth-order valence-corrected chi connectivity index (χ4v) is 4.91. The number of benzene rings is 2. The maximum absolute atomic E-state index is 13.4. The van der Waals surface area contributed by atoms with Gasteiger partial charge in [-0.15, -0.1) is 11.3 Å². The molecule has 0 radical (unpaired) electrons. The first kappa shape index (κ1) is 20.3. The summed E-state index contributed by atoms with van der Waals surface area (Å²) in [5.41, 5.74) is 3.28. The van der Waals surface area contributed by atoms with Gasteiger partial charge in [0.05, 0.1) is 23.7 Å². The predicted octanol–water partition coefficient (Wildman–Crippen LogP) is 4.42. The number of rotatable bonds is 5. The van der Waals surface area contributed by atoms with E-state index in [1.165, 1.54) is 5.01 Å². The largest absolute Gasteiger partial charge is 0.283 e. The quantitative estimate of drug-likeness (QED) is 0.639. The molecule has 0 spiro atoms. The van der Waals surface area contributed by atoms with Crippen LogP contribution in [0, 0.1) is 6.92 Å². The highest BCUT2D eigenvalue weighted by Crippen LogP contribution is 2.37. The first-order chi connectivity index (χ1) is 14.3. The molecule has 0 fully saturated rings. The third kappa shape index (κ3) is 4.15. The zero-order valence-electron chi connectivity index (χ0n) is 16.6. The van der Waals surface area contributed by atoms with Gasteiger partial charge in [0, 0.05) is 22.4 Å². The van der Waals surface area contributed by atoms with Gasteiger partial charge in [-0.3, -0.25) is 9.52 Å². The van der Waals surface area contributed by atoms with Crippen LogP contribution < -0.4 is 4.72 Å². The molecule has 0 saturated carbocycles. The van der Waals surface area contributed by atoms with Crippen molar-refractivity contribution < 1.29 is 13.2 Å². The molecule has 1 N–H and O–H groups in total. The van der Waals surface area contributed by atoms with Crippen molar-refractivity contribution in [1.82, 2.24) is 5.01 Å². The number of sulfonamides is 1. The maximum atomic E-state index is 13.4. The van der Waals surface area contributed by atoms with Gasteiger partial charge in [-0.1, -0.05) is 42.5 Å². The van der Waals surface area contributed by atoms with E-state index in [2.05, 4.69) is 9.82 Å². The van der Waals surface area contributed by atoms with Crippen molar-refractivity contribution in [1.29, 1.82) is 0 Å². The van der Waals surface area contributed by atoms with Crippen LogP contribution in [0.2, 0.25) is 0 Å². The first-order valence-corrected chi connectivity index (χ1v) is 12.2. The lowest BCUT2D eigenvalue weighted by atomic mass is 10.0. The number of amides is 1. The molecule has 1 atom stereocenters. The summed E-state index contributed by atoms with van der Waals surface area (Å²) in [5, 5.41) is 8.18. The second kappa shape index (κ2) is 8.04. The summed E-state index contributed by atoms with van der Waals surface area (Å²) in [6.45, 7) is 1.90. The van der Waals surface area contributed by atoms with Crippen LogP contribution in [0.5, 0.6) is 0 Å². The fourth-order valence-electron chi connectivity index (χ4n) is 3.52. The molecule has 3 aromatic rings. The fraction of sp³-hybridized carbons (Fsp3) is 0.182. The van der Waals surface area contributed by atoms with Gasteiger partial charge in [0.1, 0.15) is 0 Å². The molecule has 0 saturated heterocycles. The van der Waals surface area contributed by atoms with Crippen LogP contribution in [-0.4, -0.2) is 31.3 Å². The van der Waals surface area contributed by atoms with E-state index in [0.717, 1.165) is 16.7 Å². The van der Waals surface area contributed by atoms with Gasteiger partial charge in [-0.2, -0.15) is 5.10 Å². The number of thiophene rings is 1. The Bertz CT molecular complexity index is 1220. The number of carbonyl (C=O) groups excluding carboxylic acids is 1. The smallest absolute Gasteiger partial charge is 0.274 e. The number of aryl methyl sites for hydroxylation is 1. The Morgan fingerprint density at radius 2 is 1.83 bits per heavy atom. The molecule has 154 valence electrons. The number of hydrogen-bond donors (Lipinski definition) is 1. The number of nitrogens with zero attached hydrogens (tertiary/aromatic N) is 2. The summed E-state index contributed by atoms with van der Waals surface area (Å²) in [6.07, 6.45) is 1.61.